The molecular formula is C13H19N5. The quantitative estimate of drug-likeness (QED) is 0.877. The lowest BCUT2D eigenvalue weighted by Crippen LogP contribution is -2.04. The molecule has 1 aliphatic rings. The molecule has 0 aliphatic heterocycles. The number of nitrogens with one attached hydrogen (secondary N) is 1. The van der Waals surface area contributed by atoms with Crippen molar-refractivity contribution < 1.29 is 0 Å². The Balaban J connectivity index is 1.65. The number of anilines is 1. The van der Waals surface area contributed by atoms with E-state index in [1.165, 1.54) is 24.1 Å². The lowest BCUT2D eigenvalue weighted by Gasteiger charge is -2.03. The second kappa shape index (κ2) is 4.48. The van der Waals surface area contributed by atoms with Crippen LogP contribution in [-0.2, 0) is 20.1 Å². The van der Waals surface area contributed by atoms with Crippen molar-refractivity contribution in [2.45, 2.75) is 38.8 Å². The number of aromatic nitrogens is 4. The zero-order valence-electron chi connectivity index (χ0n) is 10.9. The highest BCUT2D eigenvalue weighted by molar-refractivity contribution is 5.39. The summed E-state index contributed by atoms with van der Waals surface area (Å²) >= 11 is 0. The van der Waals surface area contributed by atoms with Crippen molar-refractivity contribution >= 4 is 5.82 Å². The molecule has 1 fully saturated rings. The summed E-state index contributed by atoms with van der Waals surface area (Å²) in [5.74, 6) is 1.79. The predicted molar refractivity (Wildman–Crippen MR) is 70.4 cm³/mol. The van der Waals surface area contributed by atoms with Crippen LogP contribution in [0.4, 0.5) is 5.82 Å². The largest absolute Gasteiger partial charge is 0.366 e. The molecule has 0 radical (unpaired) electrons. The van der Waals surface area contributed by atoms with Crippen LogP contribution >= 0.6 is 0 Å². The van der Waals surface area contributed by atoms with E-state index in [-0.39, 0.29) is 0 Å². The summed E-state index contributed by atoms with van der Waals surface area (Å²) in [6.07, 6.45) is 6.57. The van der Waals surface area contributed by atoms with E-state index in [9.17, 15) is 0 Å². The van der Waals surface area contributed by atoms with Crippen LogP contribution in [0.2, 0.25) is 0 Å². The van der Waals surface area contributed by atoms with Crippen LogP contribution in [-0.4, -0.2) is 19.6 Å². The van der Waals surface area contributed by atoms with Gasteiger partial charge in [-0.25, -0.2) is 0 Å². The van der Waals surface area contributed by atoms with E-state index in [1.54, 1.807) is 0 Å². The van der Waals surface area contributed by atoms with Gasteiger partial charge in [0.1, 0.15) is 5.82 Å². The third kappa shape index (κ3) is 2.25. The molecule has 0 aromatic carbocycles. The smallest absolute Gasteiger partial charge is 0.124 e. The molecule has 5 heteroatoms. The summed E-state index contributed by atoms with van der Waals surface area (Å²) in [6, 6.07) is 2.17. The van der Waals surface area contributed by atoms with Crippen molar-refractivity contribution in [2.24, 2.45) is 7.05 Å². The minimum Gasteiger partial charge on any atom is -0.366 e. The second-order valence-electron chi connectivity index (χ2n) is 4.91. The molecule has 3 rings (SSSR count). The average molecular weight is 245 g/mol. The SMILES string of the molecule is CCn1cc(CNc2cc(C3CC3)nn2C)cn1. The average Bonchev–Trinajstić information content (AvgIpc) is 3.01. The van der Waals surface area contributed by atoms with Gasteiger partial charge < -0.3 is 5.32 Å². The summed E-state index contributed by atoms with van der Waals surface area (Å²) in [7, 11) is 1.99. The number of nitrogens with zero attached hydrogens (tertiary/aromatic N) is 4. The molecule has 0 unspecified atom stereocenters. The first kappa shape index (κ1) is 11.3. The van der Waals surface area contributed by atoms with E-state index in [0.29, 0.717) is 5.92 Å². The van der Waals surface area contributed by atoms with Gasteiger partial charge in [-0.2, -0.15) is 10.2 Å². The van der Waals surface area contributed by atoms with E-state index < -0.39 is 0 Å². The fourth-order valence-corrected chi connectivity index (χ4v) is 2.10. The number of hydrogen-bond donors (Lipinski definition) is 1. The minimum absolute atomic E-state index is 0.703. The Morgan fingerprint density at radius 3 is 2.94 bits per heavy atom. The summed E-state index contributed by atoms with van der Waals surface area (Å²) in [6.45, 7) is 3.80. The highest BCUT2D eigenvalue weighted by Crippen LogP contribution is 2.39. The molecule has 96 valence electrons. The Hall–Kier alpha value is -1.78. The lowest BCUT2D eigenvalue weighted by molar-refractivity contribution is 0.659. The first-order valence-electron chi connectivity index (χ1n) is 6.55. The van der Waals surface area contributed by atoms with Gasteiger partial charge in [0.15, 0.2) is 0 Å². The van der Waals surface area contributed by atoms with Gasteiger partial charge >= 0.3 is 0 Å². The Morgan fingerprint density at radius 1 is 1.44 bits per heavy atom. The molecule has 0 saturated heterocycles. The lowest BCUT2D eigenvalue weighted by atomic mass is 10.3. The molecule has 1 aliphatic carbocycles. The van der Waals surface area contributed by atoms with Gasteiger partial charge in [0.25, 0.3) is 0 Å². The van der Waals surface area contributed by atoms with Crippen molar-refractivity contribution in [1.29, 1.82) is 0 Å². The first-order chi connectivity index (χ1) is 8.76. The van der Waals surface area contributed by atoms with Crippen LogP contribution in [0.5, 0.6) is 0 Å². The molecule has 0 amide bonds. The molecule has 1 saturated carbocycles. The van der Waals surface area contributed by atoms with Gasteiger partial charge in [-0.1, -0.05) is 0 Å². The Kier molecular flexibility index (Phi) is 2.81. The molecule has 0 bridgehead atoms. The van der Waals surface area contributed by atoms with Gasteiger partial charge in [-0.05, 0) is 19.8 Å². The fourth-order valence-electron chi connectivity index (χ4n) is 2.10. The topological polar surface area (TPSA) is 47.7 Å². The van der Waals surface area contributed by atoms with Gasteiger partial charge in [0.05, 0.1) is 11.9 Å². The monoisotopic (exact) mass is 245 g/mol. The van der Waals surface area contributed by atoms with E-state index in [1.807, 2.05) is 22.6 Å². The summed E-state index contributed by atoms with van der Waals surface area (Å²) in [4.78, 5) is 0. The number of rotatable bonds is 5. The van der Waals surface area contributed by atoms with Crippen molar-refractivity contribution in [2.75, 3.05) is 5.32 Å². The summed E-state index contributed by atoms with van der Waals surface area (Å²) in [5.41, 5.74) is 2.43. The van der Waals surface area contributed by atoms with Crippen LogP contribution in [0.3, 0.4) is 0 Å². The van der Waals surface area contributed by atoms with Gasteiger partial charge in [0, 0.05) is 43.9 Å². The highest BCUT2D eigenvalue weighted by Gasteiger charge is 2.26. The minimum atomic E-state index is 0.703. The van der Waals surface area contributed by atoms with Crippen LogP contribution in [0.15, 0.2) is 18.5 Å². The molecule has 5 nitrogen and oxygen atoms in total. The number of aryl methyl sites for hydroxylation is 2. The maximum Gasteiger partial charge on any atom is 0.124 e. The molecule has 0 atom stereocenters. The van der Waals surface area contributed by atoms with Crippen LogP contribution in [0.25, 0.3) is 0 Å². The Bertz CT molecular complexity index is 535. The fraction of sp³-hybridized carbons (Fsp3) is 0.538. The van der Waals surface area contributed by atoms with E-state index in [0.717, 1.165) is 18.9 Å². The van der Waals surface area contributed by atoms with Crippen molar-refractivity contribution in [3.63, 3.8) is 0 Å². The zero-order valence-corrected chi connectivity index (χ0v) is 10.9. The predicted octanol–water partition coefficient (Wildman–Crippen LogP) is 2.13. The maximum atomic E-state index is 4.54. The third-order valence-corrected chi connectivity index (χ3v) is 3.38. The van der Waals surface area contributed by atoms with Crippen molar-refractivity contribution in [3.8, 4) is 0 Å². The third-order valence-electron chi connectivity index (χ3n) is 3.38. The molecule has 18 heavy (non-hydrogen) atoms. The maximum absolute atomic E-state index is 4.54. The highest BCUT2D eigenvalue weighted by atomic mass is 15.3. The van der Waals surface area contributed by atoms with E-state index in [4.69, 9.17) is 0 Å². The Labute approximate surface area is 107 Å². The molecule has 2 aromatic rings. The molecule has 0 spiro atoms. The van der Waals surface area contributed by atoms with Crippen molar-refractivity contribution in [1.82, 2.24) is 19.6 Å². The molecule has 2 heterocycles. The second-order valence-corrected chi connectivity index (χ2v) is 4.91. The zero-order chi connectivity index (χ0) is 12.5. The normalized spacial score (nSPS) is 15.0. The van der Waals surface area contributed by atoms with Gasteiger partial charge in [0.2, 0.25) is 0 Å². The Morgan fingerprint density at radius 2 is 2.28 bits per heavy atom. The van der Waals surface area contributed by atoms with Gasteiger partial charge in [-0.15, -0.1) is 0 Å². The van der Waals surface area contributed by atoms with Crippen LogP contribution in [0, 0.1) is 0 Å². The molecule has 1 N–H and O–H groups in total. The standard InChI is InChI=1S/C13H19N5/c1-3-18-9-10(8-15-18)7-14-13-6-12(11-4-5-11)16-17(13)2/h6,8-9,11,14H,3-5,7H2,1-2H3. The van der Waals surface area contributed by atoms with Crippen molar-refractivity contribution in [3.05, 3.63) is 29.7 Å². The van der Waals surface area contributed by atoms with Gasteiger partial charge in [-0.3, -0.25) is 9.36 Å². The summed E-state index contributed by atoms with van der Waals surface area (Å²) in [5, 5.41) is 12.2. The summed E-state index contributed by atoms with van der Waals surface area (Å²) < 4.78 is 3.87. The van der Waals surface area contributed by atoms with E-state index in [2.05, 4.69) is 34.7 Å². The van der Waals surface area contributed by atoms with Crippen LogP contribution in [0.1, 0.15) is 36.9 Å². The first-order valence-corrected chi connectivity index (χ1v) is 6.55. The van der Waals surface area contributed by atoms with E-state index >= 15 is 0 Å². The molecular weight excluding hydrogens is 226 g/mol. The number of hydrogen-bond acceptors (Lipinski definition) is 3. The van der Waals surface area contributed by atoms with Crippen LogP contribution < -0.4 is 5.32 Å². The molecule has 2 aromatic heterocycles.